The van der Waals surface area contributed by atoms with Gasteiger partial charge in [-0.15, -0.1) is 0 Å². The van der Waals surface area contributed by atoms with E-state index >= 15 is 0 Å². The summed E-state index contributed by atoms with van der Waals surface area (Å²) < 4.78 is 6.99. The maximum atomic E-state index is 10.3. The van der Waals surface area contributed by atoms with Crippen LogP contribution in [0.2, 0.25) is 0 Å². The quantitative estimate of drug-likeness (QED) is 0.287. The smallest absolute Gasteiger partial charge is 0.209 e. The number of imidazole rings is 1. The SMILES string of the molecule is CONc1nc(C#CCCCC#N)nc2c1ncn2[C@@H]1O[C@H](CO)[C@@H](O)[C@H]1O. The Hall–Kier alpha value is -2.80. The Morgan fingerprint density at radius 3 is 2.82 bits per heavy atom. The molecule has 0 radical (unpaired) electrons. The molecule has 1 aliphatic rings. The van der Waals surface area contributed by atoms with Gasteiger partial charge in [0.1, 0.15) is 18.3 Å². The van der Waals surface area contributed by atoms with Crippen LogP contribution in [0, 0.1) is 23.2 Å². The van der Waals surface area contributed by atoms with Crippen molar-refractivity contribution in [2.24, 2.45) is 0 Å². The van der Waals surface area contributed by atoms with Gasteiger partial charge in [-0.05, 0) is 12.3 Å². The summed E-state index contributed by atoms with van der Waals surface area (Å²) in [4.78, 5) is 17.8. The van der Waals surface area contributed by atoms with Crippen molar-refractivity contribution >= 4 is 17.0 Å². The maximum absolute atomic E-state index is 10.3. The number of aromatic nitrogens is 4. The number of unbranched alkanes of at least 4 members (excludes halogenated alkanes) is 2. The molecule has 0 aliphatic carbocycles. The molecule has 2 aromatic rings. The van der Waals surface area contributed by atoms with Crippen molar-refractivity contribution in [3.63, 3.8) is 0 Å². The normalized spacial score (nSPS) is 24.0. The van der Waals surface area contributed by atoms with Gasteiger partial charge in [0.15, 0.2) is 23.2 Å². The molecule has 0 aromatic carbocycles. The molecule has 1 saturated heterocycles. The first-order chi connectivity index (χ1) is 13.6. The van der Waals surface area contributed by atoms with Crippen LogP contribution in [0.3, 0.4) is 0 Å². The number of ether oxygens (including phenoxy) is 1. The van der Waals surface area contributed by atoms with Crippen molar-refractivity contribution in [1.82, 2.24) is 19.5 Å². The Balaban J connectivity index is 1.98. The van der Waals surface area contributed by atoms with Crippen molar-refractivity contribution in [3.05, 3.63) is 12.2 Å². The highest BCUT2D eigenvalue weighted by Gasteiger charge is 2.44. The average Bonchev–Trinajstić information content (AvgIpc) is 3.23. The van der Waals surface area contributed by atoms with E-state index in [0.29, 0.717) is 30.4 Å². The third-order valence-electron chi connectivity index (χ3n) is 4.20. The first-order valence-corrected chi connectivity index (χ1v) is 8.62. The van der Waals surface area contributed by atoms with Gasteiger partial charge in [-0.3, -0.25) is 9.40 Å². The Morgan fingerprint density at radius 1 is 1.32 bits per heavy atom. The van der Waals surface area contributed by atoms with Gasteiger partial charge in [-0.25, -0.2) is 15.4 Å². The first kappa shape index (κ1) is 19.9. The third-order valence-corrected chi connectivity index (χ3v) is 4.20. The number of fused-ring (bicyclic) bond motifs is 1. The highest BCUT2D eigenvalue weighted by Crippen LogP contribution is 2.32. The van der Waals surface area contributed by atoms with E-state index in [-0.39, 0.29) is 11.6 Å². The molecule has 1 fully saturated rings. The van der Waals surface area contributed by atoms with E-state index in [0.717, 1.165) is 0 Å². The van der Waals surface area contributed by atoms with Gasteiger partial charge in [0.25, 0.3) is 0 Å². The summed E-state index contributed by atoms with van der Waals surface area (Å²) in [6, 6.07) is 2.05. The summed E-state index contributed by atoms with van der Waals surface area (Å²) in [5, 5.41) is 38.1. The van der Waals surface area contributed by atoms with Crippen LogP contribution in [0.4, 0.5) is 5.82 Å². The van der Waals surface area contributed by atoms with Crippen LogP contribution >= 0.6 is 0 Å². The Bertz CT molecular complexity index is 930. The van der Waals surface area contributed by atoms with Gasteiger partial charge in [-0.1, -0.05) is 5.92 Å². The van der Waals surface area contributed by atoms with Crippen LogP contribution in [0.15, 0.2) is 6.33 Å². The molecule has 4 atom stereocenters. The van der Waals surface area contributed by atoms with E-state index in [4.69, 9.17) is 14.8 Å². The lowest BCUT2D eigenvalue weighted by molar-refractivity contribution is -0.0511. The molecule has 11 heteroatoms. The number of anilines is 1. The summed E-state index contributed by atoms with van der Waals surface area (Å²) >= 11 is 0. The van der Waals surface area contributed by atoms with Crippen LogP contribution in [-0.4, -0.2) is 66.9 Å². The molecule has 0 amide bonds. The lowest BCUT2D eigenvalue weighted by Crippen LogP contribution is -2.33. The number of nitriles is 1. The molecule has 1 aliphatic heterocycles. The molecule has 3 heterocycles. The zero-order valence-corrected chi connectivity index (χ0v) is 15.1. The molecule has 0 spiro atoms. The van der Waals surface area contributed by atoms with Gasteiger partial charge in [0.2, 0.25) is 5.82 Å². The Morgan fingerprint density at radius 2 is 2.14 bits per heavy atom. The summed E-state index contributed by atoms with van der Waals surface area (Å²) in [5.41, 5.74) is 3.28. The van der Waals surface area contributed by atoms with Crippen LogP contribution in [-0.2, 0) is 9.57 Å². The fraction of sp³-hybridized carbons (Fsp3) is 0.529. The zero-order valence-electron chi connectivity index (χ0n) is 15.1. The Labute approximate surface area is 160 Å². The van der Waals surface area contributed by atoms with Crippen LogP contribution in [0.25, 0.3) is 11.2 Å². The molecule has 28 heavy (non-hydrogen) atoms. The van der Waals surface area contributed by atoms with Gasteiger partial charge < -0.3 is 20.1 Å². The minimum atomic E-state index is -1.27. The molecule has 2 aromatic heterocycles. The molecule has 148 valence electrons. The van der Waals surface area contributed by atoms with Crippen LogP contribution < -0.4 is 5.48 Å². The van der Waals surface area contributed by atoms with Crippen LogP contribution in [0.1, 0.15) is 31.3 Å². The number of aliphatic hydroxyl groups excluding tert-OH is 3. The molecule has 0 unspecified atom stereocenters. The molecule has 0 bridgehead atoms. The summed E-state index contributed by atoms with van der Waals surface area (Å²) in [5.74, 6) is 6.21. The lowest BCUT2D eigenvalue weighted by Gasteiger charge is -2.16. The molecular formula is C17H20N6O5. The second kappa shape index (κ2) is 8.93. The molecule has 11 nitrogen and oxygen atoms in total. The number of nitrogens with one attached hydrogen (secondary N) is 1. The van der Waals surface area contributed by atoms with Crippen molar-refractivity contribution in [1.29, 1.82) is 5.26 Å². The average molecular weight is 388 g/mol. The number of rotatable bonds is 6. The predicted molar refractivity (Wildman–Crippen MR) is 95.3 cm³/mol. The Kier molecular flexibility index (Phi) is 6.36. The van der Waals surface area contributed by atoms with Crippen molar-refractivity contribution in [2.75, 3.05) is 19.2 Å². The number of nitrogens with zero attached hydrogens (tertiary/aromatic N) is 5. The number of aliphatic hydroxyl groups is 3. The number of hydrogen-bond donors (Lipinski definition) is 4. The monoisotopic (exact) mass is 388 g/mol. The first-order valence-electron chi connectivity index (χ1n) is 8.62. The van der Waals surface area contributed by atoms with Crippen LogP contribution in [0.5, 0.6) is 0 Å². The van der Waals surface area contributed by atoms with Gasteiger partial charge in [0, 0.05) is 12.8 Å². The minimum Gasteiger partial charge on any atom is -0.394 e. The lowest BCUT2D eigenvalue weighted by atomic mass is 10.1. The highest BCUT2D eigenvalue weighted by atomic mass is 16.6. The topological polar surface area (TPSA) is 159 Å². The number of hydrogen-bond acceptors (Lipinski definition) is 10. The van der Waals surface area contributed by atoms with E-state index < -0.39 is 31.1 Å². The summed E-state index contributed by atoms with van der Waals surface area (Å²) in [6.07, 6.45) is -1.44. The minimum absolute atomic E-state index is 0.192. The second-order valence-electron chi connectivity index (χ2n) is 6.07. The maximum Gasteiger partial charge on any atom is 0.209 e. The van der Waals surface area contributed by atoms with Gasteiger partial charge in [0.05, 0.1) is 26.1 Å². The van der Waals surface area contributed by atoms with E-state index in [1.807, 2.05) is 0 Å². The van der Waals surface area contributed by atoms with E-state index in [9.17, 15) is 15.3 Å². The van der Waals surface area contributed by atoms with Crippen molar-refractivity contribution < 1.29 is 24.9 Å². The molecule has 0 saturated carbocycles. The molecule has 3 rings (SSSR count). The third kappa shape index (κ3) is 3.89. The van der Waals surface area contributed by atoms with Crippen molar-refractivity contribution in [3.8, 4) is 17.9 Å². The standard InChI is InChI=1S/C17H20N6O5/c1-27-22-15-12-16(21-11(20-15)6-4-2-3-5-7-18)23(9-19-12)17-14(26)13(25)10(8-24)28-17/h9-10,13-14,17,24-26H,2-3,5,8H2,1H3,(H,20,21,22)/t10-,13-,14-,17-/m1/s1. The van der Waals surface area contributed by atoms with E-state index in [1.165, 1.54) is 18.0 Å². The second-order valence-corrected chi connectivity index (χ2v) is 6.07. The fourth-order valence-electron chi connectivity index (χ4n) is 2.83. The highest BCUT2D eigenvalue weighted by molar-refractivity contribution is 5.83. The zero-order chi connectivity index (χ0) is 20.1. The largest absolute Gasteiger partial charge is 0.394 e. The molecular weight excluding hydrogens is 368 g/mol. The summed E-state index contributed by atoms with van der Waals surface area (Å²) in [7, 11) is 1.42. The predicted octanol–water partition coefficient (Wildman–Crippen LogP) is -0.544. The van der Waals surface area contributed by atoms with Crippen molar-refractivity contribution in [2.45, 2.75) is 43.8 Å². The fourth-order valence-corrected chi connectivity index (χ4v) is 2.83. The van der Waals surface area contributed by atoms with E-state index in [1.54, 1.807) is 0 Å². The van der Waals surface area contributed by atoms with Gasteiger partial charge in [-0.2, -0.15) is 10.2 Å². The molecule has 4 N–H and O–H groups in total. The van der Waals surface area contributed by atoms with E-state index in [2.05, 4.69) is 38.3 Å². The van der Waals surface area contributed by atoms with Gasteiger partial charge >= 0.3 is 0 Å². The summed E-state index contributed by atoms with van der Waals surface area (Å²) in [6.45, 7) is -0.438.